The van der Waals surface area contributed by atoms with Crippen LogP contribution in [0.3, 0.4) is 0 Å². The molecule has 1 aromatic heterocycles. The largest absolute Gasteiger partial charge is 0.336 e. The summed E-state index contributed by atoms with van der Waals surface area (Å²) in [4.78, 5) is 6.53. The van der Waals surface area contributed by atoms with E-state index >= 15 is 0 Å². The predicted molar refractivity (Wildman–Crippen MR) is 74.5 cm³/mol. The highest BCUT2D eigenvalue weighted by Crippen LogP contribution is 2.18. The Morgan fingerprint density at radius 2 is 2.28 bits per heavy atom. The summed E-state index contributed by atoms with van der Waals surface area (Å²) in [5, 5.41) is 3.73. The highest BCUT2D eigenvalue weighted by atomic mass is 15.1. The number of nitrogens with zero attached hydrogens (tertiary/aromatic N) is 3. The first kappa shape index (κ1) is 13.6. The quantitative estimate of drug-likeness (QED) is 0.861. The van der Waals surface area contributed by atoms with Crippen LogP contribution in [-0.2, 0) is 6.54 Å². The van der Waals surface area contributed by atoms with Gasteiger partial charge < -0.3 is 14.8 Å². The SMILES string of the molecule is CC(Cn1ccnc1)NC(C)C1CCCN(C)C1. The van der Waals surface area contributed by atoms with Crippen molar-refractivity contribution in [1.29, 1.82) is 0 Å². The van der Waals surface area contributed by atoms with Crippen LogP contribution in [0, 0.1) is 5.92 Å². The van der Waals surface area contributed by atoms with Gasteiger partial charge in [-0.05, 0) is 46.2 Å². The van der Waals surface area contributed by atoms with Crippen molar-refractivity contribution in [2.45, 2.75) is 45.3 Å². The fraction of sp³-hybridized carbons (Fsp3) is 0.786. The summed E-state index contributed by atoms with van der Waals surface area (Å²) in [7, 11) is 2.23. The van der Waals surface area contributed by atoms with Gasteiger partial charge in [-0.1, -0.05) is 0 Å². The first-order valence-corrected chi connectivity index (χ1v) is 7.05. The van der Waals surface area contributed by atoms with Crippen molar-refractivity contribution in [3.05, 3.63) is 18.7 Å². The van der Waals surface area contributed by atoms with E-state index in [-0.39, 0.29) is 0 Å². The number of rotatable bonds is 5. The molecule has 0 aromatic carbocycles. The lowest BCUT2D eigenvalue weighted by atomic mass is 9.91. The molecule has 0 bridgehead atoms. The van der Waals surface area contributed by atoms with Gasteiger partial charge >= 0.3 is 0 Å². The Morgan fingerprint density at radius 3 is 2.94 bits per heavy atom. The molecule has 1 fully saturated rings. The molecule has 102 valence electrons. The molecule has 0 amide bonds. The minimum atomic E-state index is 0.487. The smallest absolute Gasteiger partial charge is 0.0946 e. The molecule has 18 heavy (non-hydrogen) atoms. The van der Waals surface area contributed by atoms with Gasteiger partial charge in [-0.15, -0.1) is 0 Å². The maximum atomic E-state index is 4.08. The van der Waals surface area contributed by atoms with Crippen LogP contribution in [0.1, 0.15) is 26.7 Å². The van der Waals surface area contributed by atoms with E-state index in [4.69, 9.17) is 0 Å². The second-order valence-corrected chi connectivity index (χ2v) is 5.78. The summed E-state index contributed by atoms with van der Waals surface area (Å²) in [6.07, 6.45) is 8.44. The zero-order chi connectivity index (χ0) is 13.0. The molecule has 1 aliphatic heterocycles. The molecule has 2 heterocycles. The second kappa shape index (κ2) is 6.34. The molecule has 2 rings (SSSR count). The highest BCUT2D eigenvalue weighted by molar-refractivity contribution is 4.82. The number of imidazole rings is 1. The first-order chi connectivity index (χ1) is 8.65. The van der Waals surface area contributed by atoms with E-state index in [0.29, 0.717) is 12.1 Å². The van der Waals surface area contributed by atoms with Crippen molar-refractivity contribution in [2.75, 3.05) is 20.1 Å². The summed E-state index contributed by atoms with van der Waals surface area (Å²) < 4.78 is 2.14. The van der Waals surface area contributed by atoms with E-state index in [1.165, 1.54) is 25.9 Å². The topological polar surface area (TPSA) is 33.1 Å². The van der Waals surface area contributed by atoms with Gasteiger partial charge in [-0.2, -0.15) is 0 Å². The van der Waals surface area contributed by atoms with Gasteiger partial charge in [0, 0.05) is 37.6 Å². The lowest BCUT2D eigenvalue weighted by Gasteiger charge is -2.35. The molecule has 3 atom stereocenters. The Labute approximate surface area is 110 Å². The molecule has 0 radical (unpaired) electrons. The maximum Gasteiger partial charge on any atom is 0.0946 e. The average Bonchev–Trinajstić information content (AvgIpc) is 2.81. The molecule has 4 nitrogen and oxygen atoms in total. The van der Waals surface area contributed by atoms with Gasteiger partial charge in [0.1, 0.15) is 0 Å². The van der Waals surface area contributed by atoms with E-state index in [1.807, 2.05) is 18.7 Å². The summed E-state index contributed by atoms with van der Waals surface area (Å²) >= 11 is 0. The molecule has 1 aliphatic rings. The summed E-state index contributed by atoms with van der Waals surface area (Å²) in [5.41, 5.74) is 0. The van der Waals surface area contributed by atoms with Gasteiger partial charge in [0.15, 0.2) is 0 Å². The predicted octanol–water partition coefficient (Wildman–Crippen LogP) is 1.59. The molecule has 4 heteroatoms. The van der Waals surface area contributed by atoms with Crippen LogP contribution in [-0.4, -0.2) is 46.7 Å². The number of hydrogen-bond donors (Lipinski definition) is 1. The summed E-state index contributed by atoms with van der Waals surface area (Å²) in [5.74, 6) is 0.786. The van der Waals surface area contributed by atoms with Gasteiger partial charge in [0.2, 0.25) is 0 Å². The molecule has 1 N–H and O–H groups in total. The Kier molecular flexibility index (Phi) is 4.78. The fourth-order valence-electron chi connectivity index (χ4n) is 2.96. The van der Waals surface area contributed by atoms with Crippen LogP contribution in [0.2, 0.25) is 0 Å². The van der Waals surface area contributed by atoms with Crippen molar-refractivity contribution < 1.29 is 0 Å². The van der Waals surface area contributed by atoms with Crippen molar-refractivity contribution in [2.24, 2.45) is 5.92 Å². The van der Waals surface area contributed by atoms with E-state index < -0.39 is 0 Å². The molecule has 1 aromatic rings. The lowest BCUT2D eigenvalue weighted by molar-refractivity contribution is 0.172. The van der Waals surface area contributed by atoms with Gasteiger partial charge in [-0.3, -0.25) is 0 Å². The Morgan fingerprint density at radius 1 is 1.44 bits per heavy atom. The highest BCUT2D eigenvalue weighted by Gasteiger charge is 2.23. The molecule has 0 saturated carbocycles. The van der Waals surface area contributed by atoms with Crippen LogP contribution in [0.4, 0.5) is 0 Å². The van der Waals surface area contributed by atoms with E-state index in [0.717, 1.165) is 12.5 Å². The molecular formula is C14H26N4. The molecule has 3 unspecified atom stereocenters. The van der Waals surface area contributed by atoms with Gasteiger partial charge in [0.05, 0.1) is 6.33 Å². The second-order valence-electron chi connectivity index (χ2n) is 5.78. The van der Waals surface area contributed by atoms with Crippen LogP contribution in [0.15, 0.2) is 18.7 Å². The first-order valence-electron chi connectivity index (χ1n) is 7.05. The van der Waals surface area contributed by atoms with E-state index in [2.05, 4.69) is 40.7 Å². The fourth-order valence-corrected chi connectivity index (χ4v) is 2.96. The number of piperidine rings is 1. The summed E-state index contributed by atoms with van der Waals surface area (Å²) in [6.45, 7) is 8.06. The van der Waals surface area contributed by atoms with Crippen LogP contribution >= 0.6 is 0 Å². The van der Waals surface area contributed by atoms with Gasteiger partial charge in [-0.25, -0.2) is 4.98 Å². The van der Waals surface area contributed by atoms with Crippen molar-refractivity contribution in [3.8, 4) is 0 Å². The standard InChI is InChI=1S/C14H26N4/c1-12(9-18-8-6-15-11-18)16-13(2)14-5-4-7-17(3)10-14/h6,8,11-14,16H,4-5,7,9-10H2,1-3H3. The molecule has 1 saturated heterocycles. The minimum absolute atomic E-state index is 0.487. The van der Waals surface area contributed by atoms with Crippen LogP contribution in [0.5, 0.6) is 0 Å². The zero-order valence-electron chi connectivity index (χ0n) is 11.8. The van der Waals surface area contributed by atoms with E-state index in [1.54, 1.807) is 0 Å². The number of aromatic nitrogens is 2. The third kappa shape index (κ3) is 3.82. The third-order valence-corrected chi connectivity index (χ3v) is 3.96. The average molecular weight is 250 g/mol. The molecule has 0 spiro atoms. The Bertz CT molecular complexity index is 336. The number of nitrogens with one attached hydrogen (secondary N) is 1. The minimum Gasteiger partial charge on any atom is -0.336 e. The summed E-state index contributed by atoms with van der Waals surface area (Å²) in [6, 6.07) is 1.08. The Hall–Kier alpha value is -0.870. The van der Waals surface area contributed by atoms with E-state index in [9.17, 15) is 0 Å². The van der Waals surface area contributed by atoms with Crippen molar-refractivity contribution in [1.82, 2.24) is 19.8 Å². The lowest BCUT2D eigenvalue weighted by Crippen LogP contribution is -2.46. The van der Waals surface area contributed by atoms with Gasteiger partial charge in [0.25, 0.3) is 0 Å². The zero-order valence-corrected chi connectivity index (χ0v) is 11.8. The number of hydrogen-bond acceptors (Lipinski definition) is 3. The monoisotopic (exact) mass is 250 g/mol. The van der Waals surface area contributed by atoms with Crippen molar-refractivity contribution in [3.63, 3.8) is 0 Å². The Balaban J connectivity index is 1.77. The van der Waals surface area contributed by atoms with Crippen molar-refractivity contribution >= 4 is 0 Å². The third-order valence-electron chi connectivity index (χ3n) is 3.96. The number of likely N-dealkylation sites (tertiary alicyclic amines) is 1. The van der Waals surface area contributed by atoms with Crippen LogP contribution in [0.25, 0.3) is 0 Å². The normalized spacial score (nSPS) is 24.9. The molecule has 0 aliphatic carbocycles. The maximum absolute atomic E-state index is 4.08. The van der Waals surface area contributed by atoms with Crippen LogP contribution < -0.4 is 5.32 Å². The molecular weight excluding hydrogens is 224 g/mol.